The topological polar surface area (TPSA) is 92.5 Å². The van der Waals surface area contributed by atoms with Crippen LogP contribution in [0.4, 0.5) is 11.4 Å². The highest BCUT2D eigenvalue weighted by Gasteiger charge is 2.19. The van der Waals surface area contributed by atoms with Crippen LogP contribution in [0.1, 0.15) is 10.4 Å². The van der Waals surface area contributed by atoms with E-state index in [1.54, 1.807) is 11.3 Å². The van der Waals surface area contributed by atoms with Gasteiger partial charge in [0, 0.05) is 49.4 Å². The highest BCUT2D eigenvalue weighted by Crippen LogP contribution is 2.27. The predicted octanol–water partition coefficient (Wildman–Crippen LogP) is 2.53. The minimum Gasteiger partial charge on any atom is -0.383 e. The van der Waals surface area contributed by atoms with E-state index in [2.05, 4.69) is 21.7 Å². The number of sulfone groups is 1. The molecular weight excluding hydrogens is 362 g/mol. The third-order valence-corrected chi connectivity index (χ3v) is 6.37. The van der Waals surface area contributed by atoms with E-state index in [0.29, 0.717) is 12.2 Å². The molecule has 134 valence electrons. The smallest absolute Gasteiger partial charge is 0.270 e. The number of hydrogen-bond donors (Lipinski definition) is 1. The van der Waals surface area contributed by atoms with Crippen molar-refractivity contribution in [3.63, 3.8) is 0 Å². The number of nitro benzene ring substituents is 1. The molecule has 1 aliphatic heterocycles. The molecule has 7 nitrogen and oxygen atoms in total. The van der Waals surface area contributed by atoms with Crippen LogP contribution < -0.4 is 5.32 Å². The van der Waals surface area contributed by atoms with Crippen LogP contribution in [0.15, 0.2) is 34.5 Å². The van der Waals surface area contributed by atoms with E-state index in [1.165, 1.54) is 22.6 Å². The third kappa shape index (κ3) is 4.17. The van der Waals surface area contributed by atoms with Crippen molar-refractivity contribution in [1.29, 1.82) is 0 Å². The van der Waals surface area contributed by atoms with Crippen molar-refractivity contribution in [3.8, 4) is 0 Å². The summed E-state index contributed by atoms with van der Waals surface area (Å²) < 4.78 is 23.9. The molecule has 0 fully saturated rings. The molecule has 0 amide bonds. The minimum absolute atomic E-state index is 0.0412. The third-order valence-electron chi connectivity index (χ3n) is 4.21. The second kappa shape index (κ2) is 7.11. The first-order chi connectivity index (χ1) is 11.8. The van der Waals surface area contributed by atoms with Gasteiger partial charge in [-0.2, -0.15) is 0 Å². The molecule has 0 aliphatic carbocycles. The van der Waals surface area contributed by atoms with E-state index in [4.69, 9.17) is 0 Å². The summed E-state index contributed by atoms with van der Waals surface area (Å²) in [4.78, 5) is 14.0. The fourth-order valence-corrected chi connectivity index (χ4v) is 4.69. The Morgan fingerprint density at radius 2 is 2.16 bits per heavy atom. The number of fused-ring (bicyclic) bond motifs is 1. The van der Waals surface area contributed by atoms with Crippen molar-refractivity contribution in [2.45, 2.75) is 17.9 Å². The lowest BCUT2D eigenvalue weighted by atomic mass is 10.1. The van der Waals surface area contributed by atoms with Crippen LogP contribution in [0.2, 0.25) is 0 Å². The first-order valence-electron chi connectivity index (χ1n) is 7.84. The van der Waals surface area contributed by atoms with Crippen LogP contribution in [0, 0.1) is 10.1 Å². The Morgan fingerprint density at radius 3 is 2.88 bits per heavy atom. The van der Waals surface area contributed by atoms with Gasteiger partial charge in [-0.3, -0.25) is 15.0 Å². The van der Waals surface area contributed by atoms with Crippen molar-refractivity contribution in [1.82, 2.24) is 4.90 Å². The van der Waals surface area contributed by atoms with Crippen molar-refractivity contribution >= 4 is 32.5 Å². The number of nitrogens with one attached hydrogen (secondary N) is 1. The van der Waals surface area contributed by atoms with Gasteiger partial charge in [0.1, 0.15) is 0 Å². The van der Waals surface area contributed by atoms with E-state index in [-0.39, 0.29) is 10.6 Å². The summed E-state index contributed by atoms with van der Waals surface area (Å²) in [5.41, 5.74) is 1.54. The van der Waals surface area contributed by atoms with Crippen LogP contribution in [0.3, 0.4) is 0 Å². The number of anilines is 1. The monoisotopic (exact) mass is 381 g/mol. The molecule has 1 N–H and O–H groups in total. The Labute approximate surface area is 150 Å². The van der Waals surface area contributed by atoms with Gasteiger partial charge in [-0.25, -0.2) is 8.42 Å². The summed E-state index contributed by atoms with van der Waals surface area (Å²) in [6.45, 7) is 3.23. The minimum atomic E-state index is -3.56. The van der Waals surface area contributed by atoms with Crippen LogP contribution in [0.25, 0.3) is 0 Å². The number of hydrogen-bond acceptors (Lipinski definition) is 7. The second-order valence-corrected chi connectivity index (χ2v) is 9.02. The first kappa shape index (κ1) is 17.8. The Bertz CT molecular complexity index is 893. The standard InChI is InChI=1S/C16H19N3O4S2/c1-25(22,23)16-10-13(19(20)21)2-3-14(16)17-6-8-18-7-4-15-12(11-18)5-9-24-15/h2-3,5,9-10,17H,4,6-8,11H2,1H3. The molecule has 0 saturated carbocycles. The number of thiophene rings is 1. The summed E-state index contributed by atoms with van der Waals surface area (Å²) in [5, 5.41) is 16.1. The molecule has 2 aromatic rings. The number of benzene rings is 1. The van der Waals surface area contributed by atoms with Gasteiger partial charge in [-0.1, -0.05) is 0 Å². The normalized spacial score (nSPS) is 14.9. The number of non-ortho nitro benzene ring substituents is 1. The van der Waals surface area contributed by atoms with Gasteiger partial charge in [-0.15, -0.1) is 11.3 Å². The zero-order valence-electron chi connectivity index (χ0n) is 13.8. The molecule has 1 aliphatic rings. The predicted molar refractivity (Wildman–Crippen MR) is 98.0 cm³/mol. The largest absolute Gasteiger partial charge is 0.383 e. The van der Waals surface area contributed by atoms with E-state index >= 15 is 0 Å². The fourth-order valence-electron chi connectivity index (χ4n) is 2.92. The highest BCUT2D eigenvalue weighted by molar-refractivity contribution is 7.90. The molecule has 1 aromatic carbocycles. The summed E-state index contributed by atoms with van der Waals surface area (Å²) in [5.74, 6) is 0. The second-order valence-electron chi connectivity index (χ2n) is 6.03. The lowest BCUT2D eigenvalue weighted by molar-refractivity contribution is -0.385. The number of nitro groups is 1. The Hall–Kier alpha value is -1.97. The van der Waals surface area contributed by atoms with E-state index in [0.717, 1.165) is 38.4 Å². The van der Waals surface area contributed by atoms with Gasteiger partial charge in [-0.05, 0) is 29.5 Å². The quantitative estimate of drug-likeness (QED) is 0.611. The van der Waals surface area contributed by atoms with Crippen LogP contribution in [-0.2, 0) is 22.8 Å². The van der Waals surface area contributed by atoms with Gasteiger partial charge in [0.2, 0.25) is 0 Å². The van der Waals surface area contributed by atoms with Gasteiger partial charge in [0.25, 0.3) is 5.69 Å². The summed E-state index contributed by atoms with van der Waals surface area (Å²) in [7, 11) is -3.56. The molecule has 0 radical (unpaired) electrons. The van der Waals surface area contributed by atoms with Crippen molar-refractivity contribution in [2.75, 3.05) is 31.2 Å². The van der Waals surface area contributed by atoms with Gasteiger partial charge in [0.05, 0.1) is 15.5 Å². The molecule has 25 heavy (non-hydrogen) atoms. The van der Waals surface area contributed by atoms with E-state index in [9.17, 15) is 18.5 Å². The SMILES string of the molecule is CS(=O)(=O)c1cc([N+](=O)[O-])ccc1NCCN1CCc2sccc2C1. The number of nitrogens with zero attached hydrogens (tertiary/aromatic N) is 2. The van der Waals surface area contributed by atoms with Crippen molar-refractivity contribution in [3.05, 3.63) is 50.2 Å². The Balaban J connectivity index is 1.66. The fraction of sp³-hybridized carbons (Fsp3) is 0.375. The molecular formula is C16H19N3O4S2. The van der Waals surface area contributed by atoms with Gasteiger partial charge in [0.15, 0.2) is 9.84 Å². The molecule has 0 bridgehead atoms. The van der Waals surface area contributed by atoms with Crippen LogP contribution in [-0.4, -0.2) is 44.1 Å². The maximum atomic E-state index is 11.9. The average Bonchev–Trinajstić information content (AvgIpc) is 3.01. The molecule has 0 atom stereocenters. The zero-order chi connectivity index (χ0) is 18.0. The molecule has 1 aromatic heterocycles. The molecule has 0 spiro atoms. The summed E-state index contributed by atoms with van der Waals surface area (Å²) >= 11 is 1.79. The molecule has 9 heteroatoms. The summed E-state index contributed by atoms with van der Waals surface area (Å²) in [6.07, 6.45) is 2.10. The molecule has 0 saturated heterocycles. The Kier molecular flexibility index (Phi) is 5.07. The average molecular weight is 381 g/mol. The highest BCUT2D eigenvalue weighted by atomic mass is 32.2. The molecule has 2 heterocycles. The van der Waals surface area contributed by atoms with E-state index in [1.807, 2.05) is 0 Å². The number of rotatable bonds is 6. The lowest BCUT2D eigenvalue weighted by Crippen LogP contribution is -2.33. The van der Waals surface area contributed by atoms with Gasteiger partial charge < -0.3 is 5.32 Å². The van der Waals surface area contributed by atoms with Crippen molar-refractivity contribution < 1.29 is 13.3 Å². The Morgan fingerprint density at radius 1 is 1.36 bits per heavy atom. The van der Waals surface area contributed by atoms with Crippen LogP contribution in [0.5, 0.6) is 0 Å². The van der Waals surface area contributed by atoms with E-state index < -0.39 is 14.8 Å². The zero-order valence-corrected chi connectivity index (χ0v) is 15.4. The molecule has 3 rings (SSSR count). The maximum absolute atomic E-state index is 11.9. The lowest BCUT2D eigenvalue weighted by Gasteiger charge is -2.27. The maximum Gasteiger partial charge on any atom is 0.270 e. The summed E-state index contributed by atoms with van der Waals surface area (Å²) in [6, 6.07) is 6.03. The van der Waals surface area contributed by atoms with Crippen LogP contribution >= 0.6 is 11.3 Å². The first-order valence-corrected chi connectivity index (χ1v) is 10.6. The van der Waals surface area contributed by atoms with Crippen molar-refractivity contribution in [2.24, 2.45) is 0 Å². The molecule has 0 unspecified atom stereocenters. The van der Waals surface area contributed by atoms with Gasteiger partial charge >= 0.3 is 0 Å².